The first-order chi connectivity index (χ1) is 16.1. The Bertz CT molecular complexity index is 1130. The van der Waals surface area contributed by atoms with E-state index in [1.165, 1.54) is 6.07 Å². The maximum atomic E-state index is 13.0. The Hall–Kier alpha value is -2.61. The number of rotatable bonds is 7. The van der Waals surface area contributed by atoms with Crippen molar-refractivity contribution in [2.45, 2.75) is 33.7 Å². The lowest BCUT2D eigenvalue weighted by Gasteiger charge is -2.37. The number of hydrogen-bond donors (Lipinski definition) is 2. The molecule has 0 spiro atoms. The van der Waals surface area contributed by atoms with E-state index in [1.54, 1.807) is 24.3 Å². The van der Waals surface area contributed by atoms with Gasteiger partial charge in [-0.2, -0.15) is 0 Å². The normalized spacial score (nSPS) is 15.9. The Morgan fingerprint density at radius 2 is 1.85 bits per heavy atom. The molecule has 6 nitrogen and oxygen atoms in total. The smallest absolute Gasteiger partial charge is 0.338 e. The fraction of sp³-hybridized carbons (Fsp3) is 0.320. The molecule has 1 amide bonds. The van der Waals surface area contributed by atoms with Crippen LogP contribution in [-0.2, 0) is 9.53 Å². The van der Waals surface area contributed by atoms with Gasteiger partial charge in [0, 0.05) is 23.0 Å². The molecule has 3 rings (SSSR count). The summed E-state index contributed by atoms with van der Waals surface area (Å²) in [6.07, 6.45) is 0. The summed E-state index contributed by atoms with van der Waals surface area (Å²) in [5.74, 6) is -0.502. The lowest BCUT2D eigenvalue weighted by atomic mass is 9.94. The lowest BCUT2D eigenvalue weighted by molar-refractivity contribution is -0.140. The van der Waals surface area contributed by atoms with Crippen LogP contribution >= 0.6 is 35.4 Å². The van der Waals surface area contributed by atoms with Crippen LogP contribution in [0.5, 0.6) is 0 Å². The number of nitrogens with zero attached hydrogens (tertiary/aromatic N) is 1. The third kappa shape index (κ3) is 5.90. The quantitative estimate of drug-likeness (QED) is 0.346. The summed E-state index contributed by atoms with van der Waals surface area (Å²) >= 11 is 17.6. The van der Waals surface area contributed by atoms with E-state index in [-0.39, 0.29) is 22.8 Å². The number of esters is 1. The Morgan fingerprint density at radius 3 is 2.44 bits per heavy atom. The SMILES string of the molecule is CCN1C(=S)NC(c2ccc(NC(=O)c3ccc(Cl)cc3Cl)cc2)C(C(=O)OCC(C)C)=C1C. The van der Waals surface area contributed by atoms with Crippen LogP contribution in [0.1, 0.15) is 49.7 Å². The molecule has 0 aromatic heterocycles. The number of carbonyl (C=O) groups excluding carboxylic acids is 2. The zero-order valence-corrected chi connectivity index (χ0v) is 21.8. The van der Waals surface area contributed by atoms with Crippen molar-refractivity contribution in [3.8, 4) is 0 Å². The van der Waals surface area contributed by atoms with E-state index in [2.05, 4.69) is 10.6 Å². The number of hydrogen-bond acceptors (Lipinski definition) is 4. The molecule has 180 valence electrons. The number of amides is 1. The molecule has 0 aliphatic carbocycles. The van der Waals surface area contributed by atoms with Crippen LogP contribution in [0.2, 0.25) is 10.0 Å². The van der Waals surface area contributed by atoms with E-state index in [4.69, 9.17) is 40.2 Å². The largest absolute Gasteiger partial charge is 0.462 e. The topological polar surface area (TPSA) is 70.7 Å². The molecule has 1 aliphatic rings. The summed E-state index contributed by atoms with van der Waals surface area (Å²) in [6.45, 7) is 8.78. The highest BCUT2D eigenvalue weighted by atomic mass is 35.5. The van der Waals surface area contributed by atoms with Crippen molar-refractivity contribution in [3.05, 3.63) is 74.9 Å². The van der Waals surface area contributed by atoms with E-state index in [9.17, 15) is 9.59 Å². The van der Waals surface area contributed by atoms with Gasteiger partial charge in [-0.3, -0.25) is 4.79 Å². The molecular weight excluding hydrogens is 493 g/mol. The highest BCUT2D eigenvalue weighted by molar-refractivity contribution is 7.80. The molecule has 0 radical (unpaired) electrons. The minimum atomic E-state index is -0.467. The Morgan fingerprint density at radius 1 is 1.18 bits per heavy atom. The van der Waals surface area contributed by atoms with Crippen LogP contribution < -0.4 is 10.6 Å². The standard InChI is InChI=1S/C25H27Cl2N3O3S/c1-5-30-15(4)21(24(32)33-13-14(2)3)22(29-25(30)34)16-6-9-18(10-7-16)28-23(31)19-11-8-17(26)12-20(19)27/h6-12,14,22H,5,13H2,1-4H3,(H,28,31)(H,29,34). The maximum Gasteiger partial charge on any atom is 0.338 e. The van der Waals surface area contributed by atoms with Crippen molar-refractivity contribution in [1.82, 2.24) is 10.2 Å². The molecule has 0 saturated heterocycles. The Kier molecular flexibility index (Phi) is 8.57. The van der Waals surface area contributed by atoms with Gasteiger partial charge in [-0.25, -0.2) is 4.79 Å². The highest BCUT2D eigenvalue weighted by Crippen LogP contribution is 2.32. The molecule has 9 heteroatoms. The van der Waals surface area contributed by atoms with E-state index < -0.39 is 6.04 Å². The lowest BCUT2D eigenvalue weighted by Crippen LogP contribution is -2.47. The summed E-state index contributed by atoms with van der Waals surface area (Å²) in [6, 6.07) is 11.4. The molecule has 2 aromatic rings. The zero-order valence-electron chi connectivity index (χ0n) is 19.4. The molecule has 0 saturated carbocycles. The first-order valence-corrected chi connectivity index (χ1v) is 12.1. The van der Waals surface area contributed by atoms with Gasteiger partial charge < -0.3 is 20.3 Å². The summed E-state index contributed by atoms with van der Waals surface area (Å²) in [5, 5.41) is 7.35. The van der Waals surface area contributed by atoms with Gasteiger partial charge in [0.15, 0.2) is 5.11 Å². The van der Waals surface area contributed by atoms with Crippen LogP contribution in [0.4, 0.5) is 5.69 Å². The molecule has 2 N–H and O–H groups in total. The van der Waals surface area contributed by atoms with Gasteiger partial charge in [-0.1, -0.05) is 49.2 Å². The molecule has 1 atom stereocenters. The molecule has 1 aliphatic heterocycles. The van der Waals surface area contributed by atoms with E-state index in [1.807, 2.05) is 44.7 Å². The van der Waals surface area contributed by atoms with Gasteiger partial charge in [-0.15, -0.1) is 0 Å². The average Bonchev–Trinajstić information content (AvgIpc) is 2.77. The Balaban J connectivity index is 1.85. The number of benzene rings is 2. The number of nitrogens with one attached hydrogen (secondary N) is 2. The fourth-order valence-electron chi connectivity index (χ4n) is 3.63. The molecule has 0 bridgehead atoms. The summed E-state index contributed by atoms with van der Waals surface area (Å²) in [4.78, 5) is 27.5. The van der Waals surface area contributed by atoms with Crippen molar-refractivity contribution in [2.75, 3.05) is 18.5 Å². The number of carbonyl (C=O) groups is 2. The molecular formula is C25H27Cl2N3O3S. The van der Waals surface area contributed by atoms with Crippen LogP contribution in [0.3, 0.4) is 0 Å². The molecule has 34 heavy (non-hydrogen) atoms. The maximum absolute atomic E-state index is 13.0. The van der Waals surface area contributed by atoms with Gasteiger partial charge in [0.2, 0.25) is 0 Å². The first-order valence-electron chi connectivity index (χ1n) is 10.9. The fourth-order valence-corrected chi connectivity index (χ4v) is 4.51. The zero-order chi connectivity index (χ0) is 25.0. The van der Waals surface area contributed by atoms with Gasteiger partial charge in [-0.05, 0) is 67.9 Å². The first kappa shape index (κ1) is 26.0. The summed E-state index contributed by atoms with van der Waals surface area (Å²) < 4.78 is 5.55. The minimum absolute atomic E-state index is 0.222. The molecule has 0 fully saturated rings. The van der Waals surface area contributed by atoms with Crippen LogP contribution in [-0.4, -0.2) is 35.0 Å². The average molecular weight is 520 g/mol. The monoisotopic (exact) mass is 519 g/mol. The predicted molar refractivity (Wildman–Crippen MR) is 140 cm³/mol. The van der Waals surface area contributed by atoms with Gasteiger partial charge in [0.1, 0.15) is 0 Å². The molecule has 1 unspecified atom stereocenters. The third-order valence-corrected chi connectivity index (χ3v) is 6.24. The van der Waals surface area contributed by atoms with Gasteiger partial charge in [0.05, 0.1) is 28.8 Å². The predicted octanol–water partition coefficient (Wildman–Crippen LogP) is 5.97. The van der Waals surface area contributed by atoms with Crippen molar-refractivity contribution in [3.63, 3.8) is 0 Å². The van der Waals surface area contributed by atoms with Crippen molar-refractivity contribution >= 4 is 58.1 Å². The minimum Gasteiger partial charge on any atom is -0.462 e. The van der Waals surface area contributed by atoms with Crippen LogP contribution in [0.25, 0.3) is 0 Å². The van der Waals surface area contributed by atoms with Gasteiger partial charge in [0.25, 0.3) is 5.91 Å². The van der Waals surface area contributed by atoms with Crippen LogP contribution in [0, 0.1) is 5.92 Å². The van der Waals surface area contributed by atoms with E-state index >= 15 is 0 Å². The summed E-state index contributed by atoms with van der Waals surface area (Å²) in [7, 11) is 0. The van der Waals surface area contributed by atoms with Crippen molar-refractivity contribution in [1.29, 1.82) is 0 Å². The molecule has 2 aromatic carbocycles. The van der Waals surface area contributed by atoms with Crippen molar-refractivity contribution < 1.29 is 14.3 Å². The highest BCUT2D eigenvalue weighted by Gasteiger charge is 2.34. The van der Waals surface area contributed by atoms with Crippen LogP contribution in [0.15, 0.2) is 53.7 Å². The molecule has 1 heterocycles. The third-order valence-electron chi connectivity index (χ3n) is 5.36. The second-order valence-corrected chi connectivity index (χ2v) is 9.55. The Labute approximate surface area is 215 Å². The number of allylic oxidation sites excluding steroid dienone is 1. The number of ether oxygens (including phenoxy) is 1. The number of thiocarbonyl (C=S) groups is 1. The number of halogens is 2. The van der Waals surface area contributed by atoms with E-state index in [0.29, 0.717) is 40.1 Å². The van der Waals surface area contributed by atoms with Gasteiger partial charge >= 0.3 is 5.97 Å². The van der Waals surface area contributed by atoms with Crippen molar-refractivity contribution in [2.24, 2.45) is 5.92 Å². The second-order valence-electron chi connectivity index (χ2n) is 8.32. The summed E-state index contributed by atoms with van der Waals surface area (Å²) in [5.41, 5.74) is 3.00. The van der Waals surface area contributed by atoms with E-state index in [0.717, 1.165) is 11.3 Å². The number of anilines is 1. The second kappa shape index (κ2) is 11.2.